The third kappa shape index (κ3) is 3.98. The van der Waals surface area contributed by atoms with Gasteiger partial charge in [0.1, 0.15) is 5.75 Å². The van der Waals surface area contributed by atoms with Crippen LogP contribution in [-0.4, -0.2) is 12.0 Å². The minimum atomic E-state index is -0.524. The number of hydrogen-bond donors (Lipinski definition) is 2. The standard InChI is InChI=1S/C13H20N2O2/c1-8(2)6-9(3)17-12-5-4-10(14)7-11(12)13(15)16/h4-5,7-9H,6,14H2,1-3H3,(H2,15,16). The van der Waals surface area contributed by atoms with Crippen molar-refractivity contribution in [3.05, 3.63) is 23.8 Å². The van der Waals surface area contributed by atoms with E-state index in [1.807, 2.05) is 6.92 Å². The minimum absolute atomic E-state index is 0.0386. The summed E-state index contributed by atoms with van der Waals surface area (Å²) in [5.41, 5.74) is 11.7. The molecular formula is C13H20N2O2. The number of anilines is 1. The van der Waals surface area contributed by atoms with E-state index in [1.54, 1.807) is 18.2 Å². The average molecular weight is 236 g/mol. The Hall–Kier alpha value is -1.71. The summed E-state index contributed by atoms with van der Waals surface area (Å²) in [4.78, 5) is 11.3. The number of carbonyl (C=O) groups is 1. The van der Waals surface area contributed by atoms with Crippen LogP contribution in [0.25, 0.3) is 0 Å². The molecule has 0 aliphatic carbocycles. The zero-order valence-electron chi connectivity index (χ0n) is 10.6. The van der Waals surface area contributed by atoms with Crippen LogP contribution < -0.4 is 16.2 Å². The summed E-state index contributed by atoms with van der Waals surface area (Å²) in [5, 5.41) is 0. The predicted octanol–water partition coefficient (Wildman–Crippen LogP) is 2.18. The van der Waals surface area contributed by atoms with E-state index in [0.29, 0.717) is 22.9 Å². The molecule has 4 N–H and O–H groups in total. The van der Waals surface area contributed by atoms with Crippen LogP contribution in [0.4, 0.5) is 5.69 Å². The molecule has 0 spiro atoms. The van der Waals surface area contributed by atoms with Crippen molar-refractivity contribution in [3.8, 4) is 5.75 Å². The maximum Gasteiger partial charge on any atom is 0.252 e. The highest BCUT2D eigenvalue weighted by Gasteiger charge is 2.13. The molecule has 4 nitrogen and oxygen atoms in total. The molecule has 0 fully saturated rings. The Morgan fingerprint density at radius 1 is 1.35 bits per heavy atom. The van der Waals surface area contributed by atoms with Crippen LogP contribution in [-0.2, 0) is 0 Å². The zero-order chi connectivity index (χ0) is 13.0. The summed E-state index contributed by atoms with van der Waals surface area (Å²) in [5.74, 6) is 0.514. The lowest BCUT2D eigenvalue weighted by Crippen LogP contribution is -2.19. The fraction of sp³-hybridized carbons (Fsp3) is 0.462. The molecule has 0 heterocycles. The summed E-state index contributed by atoms with van der Waals surface area (Å²) in [7, 11) is 0. The van der Waals surface area contributed by atoms with E-state index in [9.17, 15) is 4.79 Å². The number of hydrogen-bond acceptors (Lipinski definition) is 3. The number of carbonyl (C=O) groups excluding carboxylic acids is 1. The molecule has 0 aliphatic rings. The van der Waals surface area contributed by atoms with Crippen molar-refractivity contribution in [1.82, 2.24) is 0 Å². The van der Waals surface area contributed by atoms with Crippen molar-refractivity contribution < 1.29 is 9.53 Å². The Labute approximate surface area is 102 Å². The van der Waals surface area contributed by atoms with Crippen molar-refractivity contribution in [2.75, 3.05) is 5.73 Å². The second-order valence-electron chi connectivity index (χ2n) is 4.68. The summed E-state index contributed by atoms with van der Waals surface area (Å²) in [6, 6.07) is 4.93. The molecule has 0 saturated heterocycles. The summed E-state index contributed by atoms with van der Waals surface area (Å²) in [6.07, 6.45) is 0.958. The Bertz CT molecular complexity index is 402. The van der Waals surface area contributed by atoms with Crippen molar-refractivity contribution in [3.63, 3.8) is 0 Å². The number of amides is 1. The van der Waals surface area contributed by atoms with Crippen LogP contribution in [0.15, 0.2) is 18.2 Å². The largest absolute Gasteiger partial charge is 0.490 e. The Morgan fingerprint density at radius 2 is 2.00 bits per heavy atom. The van der Waals surface area contributed by atoms with Gasteiger partial charge in [0.15, 0.2) is 0 Å². The van der Waals surface area contributed by atoms with Crippen molar-refractivity contribution in [1.29, 1.82) is 0 Å². The number of rotatable bonds is 5. The molecule has 1 aromatic rings. The second kappa shape index (κ2) is 5.57. The van der Waals surface area contributed by atoms with Gasteiger partial charge in [0, 0.05) is 5.69 Å². The lowest BCUT2D eigenvalue weighted by atomic mass is 10.1. The Balaban J connectivity index is 2.86. The molecule has 0 radical (unpaired) electrons. The van der Waals surface area contributed by atoms with Crippen LogP contribution >= 0.6 is 0 Å². The molecule has 17 heavy (non-hydrogen) atoms. The van der Waals surface area contributed by atoms with Gasteiger partial charge in [0.2, 0.25) is 0 Å². The monoisotopic (exact) mass is 236 g/mol. The van der Waals surface area contributed by atoms with Crippen LogP contribution in [0.2, 0.25) is 0 Å². The smallest absolute Gasteiger partial charge is 0.252 e. The Kier molecular flexibility index (Phi) is 4.37. The predicted molar refractivity (Wildman–Crippen MR) is 68.9 cm³/mol. The number of primary amides is 1. The molecule has 4 heteroatoms. The molecule has 1 amide bonds. The van der Waals surface area contributed by atoms with Crippen molar-refractivity contribution >= 4 is 11.6 Å². The fourth-order valence-electron chi connectivity index (χ4n) is 1.77. The van der Waals surface area contributed by atoms with Gasteiger partial charge in [-0.2, -0.15) is 0 Å². The topological polar surface area (TPSA) is 78.3 Å². The van der Waals surface area contributed by atoms with Crippen LogP contribution in [0, 0.1) is 5.92 Å². The summed E-state index contributed by atoms with van der Waals surface area (Å²) in [6.45, 7) is 6.22. The first-order valence-corrected chi connectivity index (χ1v) is 5.76. The molecule has 1 aromatic carbocycles. The molecule has 1 rings (SSSR count). The lowest BCUT2D eigenvalue weighted by Gasteiger charge is -2.18. The van der Waals surface area contributed by atoms with Gasteiger partial charge in [-0.25, -0.2) is 0 Å². The van der Waals surface area contributed by atoms with Gasteiger partial charge in [-0.3, -0.25) is 4.79 Å². The first kappa shape index (κ1) is 13.4. The van der Waals surface area contributed by atoms with E-state index < -0.39 is 5.91 Å². The van der Waals surface area contributed by atoms with E-state index in [4.69, 9.17) is 16.2 Å². The number of benzene rings is 1. The number of nitrogen functional groups attached to an aromatic ring is 1. The number of nitrogens with two attached hydrogens (primary N) is 2. The molecule has 1 atom stereocenters. The van der Waals surface area contributed by atoms with E-state index in [2.05, 4.69) is 13.8 Å². The van der Waals surface area contributed by atoms with Gasteiger partial charge in [0.25, 0.3) is 5.91 Å². The maximum absolute atomic E-state index is 11.3. The molecular weight excluding hydrogens is 216 g/mol. The third-order valence-electron chi connectivity index (χ3n) is 2.40. The molecule has 1 unspecified atom stereocenters. The second-order valence-corrected chi connectivity index (χ2v) is 4.68. The van der Waals surface area contributed by atoms with Crippen LogP contribution in [0.1, 0.15) is 37.6 Å². The van der Waals surface area contributed by atoms with E-state index in [-0.39, 0.29) is 6.10 Å². The molecule has 0 bridgehead atoms. The molecule has 0 saturated carbocycles. The normalized spacial score (nSPS) is 12.5. The van der Waals surface area contributed by atoms with Gasteiger partial charge in [0.05, 0.1) is 11.7 Å². The highest BCUT2D eigenvalue weighted by Crippen LogP contribution is 2.23. The fourth-order valence-corrected chi connectivity index (χ4v) is 1.77. The van der Waals surface area contributed by atoms with Gasteiger partial charge >= 0.3 is 0 Å². The average Bonchev–Trinajstić information content (AvgIpc) is 2.19. The maximum atomic E-state index is 11.3. The van der Waals surface area contributed by atoms with Crippen LogP contribution in [0.3, 0.4) is 0 Å². The zero-order valence-corrected chi connectivity index (χ0v) is 10.6. The number of ether oxygens (including phenoxy) is 1. The van der Waals surface area contributed by atoms with E-state index >= 15 is 0 Å². The molecule has 0 aromatic heterocycles. The van der Waals surface area contributed by atoms with Crippen molar-refractivity contribution in [2.24, 2.45) is 11.7 Å². The van der Waals surface area contributed by atoms with Gasteiger partial charge in [-0.05, 0) is 37.5 Å². The van der Waals surface area contributed by atoms with Gasteiger partial charge < -0.3 is 16.2 Å². The van der Waals surface area contributed by atoms with Gasteiger partial charge in [-0.15, -0.1) is 0 Å². The van der Waals surface area contributed by atoms with Gasteiger partial charge in [-0.1, -0.05) is 13.8 Å². The highest BCUT2D eigenvalue weighted by molar-refractivity contribution is 5.96. The third-order valence-corrected chi connectivity index (χ3v) is 2.40. The first-order valence-electron chi connectivity index (χ1n) is 5.76. The molecule has 94 valence electrons. The molecule has 0 aliphatic heterocycles. The Morgan fingerprint density at radius 3 is 2.53 bits per heavy atom. The summed E-state index contributed by atoms with van der Waals surface area (Å²) >= 11 is 0. The van der Waals surface area contributed by atoms with E-state index in [0.717, 1.165) is 6.42 Å². The quantitative estimate of drug-likeness (QED) is 0.769. The van der Waals surface area contributed by atoms with E-state index in [1.165, 1.54) is 0 Å². The van der Waals surface area contributed by atoms with Crippen LogP contribution in [0.5, 0.6) is 5.75 Å². The lowest BCUT2D eigenvalue weighted by molar-refractivity contribution is 0.0992. The summed E-state index contributed by atoms with van der Waals surface area (Å²) < 4.78 is 5.72. The highest BCUT2D eigenvalue weighted by atomic mass is 16.5. The minimum Gasteiger partial charge on any atom is -0.490 e. The SMILES string of the molecule is CC(C)CC(C)Oc1ccc(N)cc1C(N)=O. The van der Waals surface area contributed by atoms with Crippen molar-refractivity contribution in [2.45, 2.75) is 33.3 Å². The first-order chi connectivity index (χ1) is 7.90.